The highest BCUT2D eigenvalue weighted by molar-refractivity contribution is 5.93. The highest BCUT2D eigenvalue weighted by atomic mass is 16.2. The Kier molecular flexibility index (Phi) is 5.96. The van der Waals surface area contributed by atoms with Crippen LogP contribution in [0.15, 0.2) is 24.3 Å². The van der Waals surface area contributed by atoms with E-state index >= 15 is 0 Å². The number of aromatic nitrogens is 3. The van der Waals surface area contributed by atoms with Gasteiger partial charge in [-0.2, -0.15) is 0 Å². The van der Waals surface area contributed by atoms with Crippen LogP contribution in [0.4, 0.5) is 0 Å². The molecule has 1 unspecified atom stereocenters. The first-order valence-corrected chi connectivity index (χ1v) is 11.4. The zero-order valence-corrected chi connectivity index (χ0v) is 18.8. The summed E-state index contributed by atoms with van der Waals surface area (Å²) in [6.07, 6.45) is 5.98. The number of carbonyl (C=O) groups excluding carboxylic acids is 1. The third kappa shape index (κ3) is 4.43. The zero-order valence-electron chi connectivity index (χ0n) is 18.8. The summed E-state index contributed by atoms with van der Waals surface area (Å²) in [7, 11) is 0. The average Bonchev–Trinajstić information content (AvgIpc) is 3.50. The van der Waals surface area contributed by atoms with Crippen molar-refractivity contribution in [2.75, 3.05) is 19.6 Å². The van der Waals surface area contributed by atoms with Crippen molar-refractivity contribution in [3.8, 4) is 5.69 Å². The van der Waals surface area contributed by atoms with Crippen molar-refractivity contribution >= 4 is 5.91 Å². The number of benzene rings is 1. The Hall–Kier alpha value is -2.21. The van der Waals surface area contributed by atoms with Crippen LogP contribution in [0.2, 0.25) is 0 Å². The van der Waals surface area contributed by atoms with Gasteiger partial charge in [-0.1, -0.05) is 36.3 Å². The van der Waals surface area contributed by atoms with E-state index in [9.17, 15) is 4.79 Å². The molecule has 1 aromatic heterocycles. The molecular formula is C24H35N5O. The van der Waals surface area contributed by atoms with Gasteiger partial charge in [0.15, 0.2) is 5.69 Å². The number of nitrogens with zero attached hydrogens (tertiary/aromatic N) is 4. The Morgan fingerprint density at radius 2 is 1.93 bits per heavy atom. The van der Waals surface area contributed by atoms with Crippen molar-refractivity contribution in [2.45, 2.75) is 71.3 Å². The number of rotatable bonds is 7. The topological polar surface area (TPSA) is 63.1 Å². The van der Waals surface area contributed by atoms with Crippen LogP contribution in [0.5, 0.6) is 0 Å². The fourth-order valence-corrected chi connectivity index (χ4v) is 4.49. The Morgan fingerprint density at radius 1 is 1.20 bits per heavy atom. The van der Waals surface area contributed by atoms with E-state index in [1.807, 2.05) is 16.8 Å². The number of piperidine rings is 1. The molecule has 1 amide bonds. The maximum absolute atomic E-state index is 13.1. The molecule has 2 aromatic rings. The van der Waals surface area contributed by atoms with Crippen LogP contribution in [0.3, 0.4) is 0 Å². The number of amides is 1. The van der Waals surface area contributed by atoms with Gasteiger partial charge in [-0.3, -0.25) is 9.69 Å². The molecule has 1 N–H and O–H groups in total. The van der Waals surface area contributed by atoms with Crippen LogP contribution in [-0.4, -0.2) is 51.0 Å². The number of carbonyl (C=O) groups is 1. The van der Waals surface area contributed by atoms with Crippen LogP contribution in [0, 0.1) is 12.8 Å². The molecule has 162 valence electrons. The third-order valence-corrected chi connectivity index (χ3v) is 6.80. The molecule has 0 bridgehead atoms. The Morgan fingerprint density at radius 3 is 2.60 bits per heavy atom. The summed E-state index contributed by atoms with van der Waals surface area (Å²) in [5.41, 5.74) is 3.54. The number of likely N-dealkylation sites (tertiary alicyclic amines) is 1. The van der Waals surface area contributed by atoms with Gasteiger partial charge < -0.3 is 5.32 Å². The van der Waals surface area contributed by atoms with Gasteiger partial charge >= 0.3 is 0 Å². The zero-order chi connectivity index (χ0) is 21.3. The summed E-state index contributed by atoms with van der Waals surface area (Å²) in [4.78, 5) is 15.6. The molecule has 1 aliphatic heterocycles. The smallest absolute Gasteiger partial charge is 0.273 e. The monoisotopic (exact) mass is 409 g/mol. The van der Waals surface area contributed by atoms with E-state index in [2.05, 4.69) is 60.4 Å². The third-order valence-electron chi connectivity index (χ3n) is 6.80. The maximum Gasteiger partial charge on any atom is 0.273 e. The summed E-state index contributed by atoms with van der Waals surface area (Å²) >= 11 is 0. The van der Waals surface area contributed by atoms with E-state index in [1.54, 1.807) is 0 Å². The summed E-state index contributed by atoms with van der Waals surface area (Å²) in [6.45, 7) is 11.7. The second-order valence-electron chi connectivity index (χ2n) is 9.70. The van der Waals surface area contributed by atoms with Gasteiger partial charge in [0.25, 0.3) is 5.91 Å². The standard InChI is InChI=1S/C24H35N5O/c1-5-18-7-6-14-28(15-18)24(3,4)16-25-23(30)21-22(19-10-11-19)29(27-26-21)20-12-8-17(2)9-13-20/h8-9,12-13,18-19H,5-7,10-11,14-16H2,1-4H3,(H,25,30). The van der Waals surface area contributed by atoms with Gasteiger partial charge in [-0.05, 0) is 71.0 Å². The van der Waals surface area contributed by atoms with Crippen molar-refractivity contribution in [3.63, 3.8) is 0 Å². The van der Waals surface area contributed by atoms with Crippen molar-refractivity contribution < 1.29 is 4.79 Å². The molecule has 0 spiro atoms. The Balaban J connectivity index is 1.48. The van der Waals surface area contributed by atoms with E-state index in [1.165, 1.54) is 24.8 Å². The molecule has 1 aromatic carbocycles. The fourth-order valence-electron chi connectivity index (χ4n) is 4.49. The highest BCUT2D eigenvalue weighted by Crippen LogP contribution is 2.42. The van der Waals surface area contributed by atoms with E-state index in [0.29, 0.717) is 18.2 Å². The fraction of sp³-hybridized carbons (Fsp3) is 0.625. The lowest BCUT2D eigenvalue weighted by Crippen LogP contribution is -2.54. The Labute approximate surface area is 180 Å². The van der Waals surface area contributed by atoms with Gasteiger partial charge in [0.05, 0.1) is 11.4 Å². The lowest BCUT2D eigenvalue weighted by molar-refractivity contribution is 0.0610. The summed E-state index contributed by atoms with van der Waals surface area (Å²) in [5, 5.41) is 11.8. The largest absolute Gasteiger partial charge is 0.349 e. The summed E-state index contributed by atoms with van der Waals surface area (Å²) in [5.74, 6) is 1.04. The minimum Gasteiger partial charge on any atom is -0.349 e. The highest BCUT2D eigenvalue weighted by Gasteiger charge is 2.36. The first kappa shape index (κ1) is 21.0. The molecule has 1 saturated carbocycles. The SMILES string of the molecule is CCC1CCCN(C(C)(C)CNC(=O)c2nnn(-c3ccc(C)cc3)c2C2CC2)C1. The number of hydrogen-bond acceptors (Lipinski definition) is 4. The van der Waals surface area contributed by atoms with Crippen molar-refractivity contribution in [1.82, 2.24) is 25.2 Å². The van der Waals surface area contributed by atoms with Crippen LogP contribution in [-0.2, 0) is 0 Å². The molecular weight excluding hydrogens is 374 g/mol. The molecule has 1 atom stereocenters. The molecule has 6 nitrogen and oxygen atoms in total. The predicted molar refractivity (Wildman–Crippen MR) is 119 cm³/mol. The Bertz CT molecular complexity index is 882. The molecule has 2 fully saturated rings. The molecule has 2 heterocycles. The van der Waals surface area contributed by atoms with Crippen LogP contribution < -0.4 is 5.32 Å². The average molecular weight is 410 g/mol. The number of aryl methyl sites for hydroxylation is 1. The van der Waals surface area contributed by atoms with Gasteiger partial charge in [0.1, 0.15) is 0 Å². The molecule has 2 aliphatic rings. The quantitative estimate of drug-likeness (QED) is 0.748. The first-order valence-electron chi connectivity index (χ1n) is 11.4. The van der Waals surface area contributed by atoms with Crippen molar-refractivity contribution in [1.29, 1.82) is 0 Å². The van der Waals surface area contributed by atoms with Gasteiger partial charge in [-0.15, -0.1) is 5.10 Å². The van der Waals surface area contributed by atoms with E-state index in [4.69, 9.17) is 0 Å². The molecule has 1 aliphatic carbocycles. The van der Waals surface area contributed by atoms with Crippen molar-refractivity contribution in [2.24, 2.45) is 5.92 Å². The number of nitrogens with one attached hydrogen (secondary N) is 1. The minimum absolute atomic E-state index is 0.0732. The minimum atomic E-state index is -0.104. The van der Waals surface area contributed by atoms with Crippen molar-refractivity contribution in [3.05, 3.63) is 41.2 Å². The van der Waals surface area contributed by atoms with E-state index in [-0.39, 0.29) is 11.4 Å². The second-order valence-corrected chi connectivity index (χ2v) is 9.70. The van der Waals surface area contributed by atoms with Crippen LogP contribution in [0.25, 0.3) is 5.69 Å². The molecule has 1 saturated heterocycles. The molecule has 0 radical (unpaired) electrons. The first-order chi connectivity index (χ1) is 14.4. The normalized spacial score (nSPS) is 20.3. The number of hydrogen-bond donors (Lipinski definition) is 1. The van der Waals surface area contributed by atoms with Gasteiger partial charge in [0.2, 0.25) is 0 Å². The lowest BCUT2D eigenvalue weighted by Gasteiger charge is -2.43. The molecule has 6 heteroatoms. The maximum atomic E-state index is 13.1. The van der Waals surface area contributed by atoms with Gasteiger partial charge in [0, 0.05) is 24.5 Å². The van der Waals surface area contributed by atoms with Crippen LogP contribution in [0.1, 0.15) is 80.5 Å². The van der Waals surface area contributed by atoms with E-state index in [0.717, 1.165) is 43.2 Å². The molecule has 4 rings (SSSR count). The van der Waals surface area contributed by atoms with Crippen LogP contribution >= 0.6 is 0 Å². The summed E-state index contributed by atoms with van der Waals surface area (Å²) in [6, 6.07) is 8.22. The van der Waals surface area contributed by atoms with E-state index < -0.39 is 0 Å². The molecule has 30 heavy (non-hydrogen) atoms. The van der Waals surface area contributed by atoms with Gasteiger partial charge in [-0.25, -0.2) is 4.68 Å². The summed E-state index contributed by atoms with van der Waals surface area (Å²) < 4.78 is 1.85. The predicted octanol–water partition coefficient (Wildman–Crippen LogP) is 4.08. The lowest BCUT2D eigenvalue weighted by atomic mass is 9.91. The second kappa shape index (κ2) is 8.50.